The zero-order valence-electron chi connectivity index (χ0n) is 43.6. The lowest BCUT2D eigenvalue weighted by Gasteiger charge is -2.58. The monoisotopic (exact) mass is 913 g/mol. The fourth-order valence-electron chi connectivity index (χ4n) is 12.4. The summed E-state index contributed by atoms with van der Waals surface area (Å²) in [5.41, 5.74) is 1.09. The number of unbranched alkanes of at least 4 members (excludes halogenated alkanes) is 1. The van der Waals surface area contributed by atoms with Gasteiger partial charge in [0.25, 0.3) is 0 Å². The number of rotatable bonds is 23. The Balaban J connectivity index is 1.22. The number of nitrogens with zero attached hydrogens (tertiary/aromatic N) is 1. The smallest absolute Gasteiger partial charge is 0.407 e. The molecule has 3 saturated carbocycles. The van der Waals surface area contributed by atoms with Crippen LogP contribution in [0, 0.1) is 46.3 Å². The van der Waals surface area contributed by atoms with Gasteiger partial charge in [0.05, 0.1) is 0 Å². The van der Waals surface area contributed by atoms with Crippen LogP contribution in [0.3, 0.4) is 0 Å². The quantitative estimate of drug-likeness (QED) is 0.0399. The molecule has 11 heteroatoms. The average molecular weight is 913 g/mol. The molecule has 3 N–H and O–H groups in total. The minimum Gasteiger partial charge on any atom is -0.462 e. The number of carbonyl (C=O) groups excluding carboxylic acids is 4. The molecule has 0 spiro atoms. The van der Waals surface area contributed by atoms with Crippen molar-refractivity contribution in [2.75, 3.05) is 26.2 Å². The Bertz CT molecular complexity index is 1570. The van der Waals surface area contributed by atoms with Gasteiger partial charge in [-0.25, -0.2) is 9.59 Å². The van der Waals surface area contributed by atoms with Crippen LogP contribution in [0.2, 0.25) is 0 Å². The molecule has 3 fully saturated rings. The van der Waals surface area contributed by atoms with Crippen molar-refractivity contribution < 1.29 is 33.4 Å². The van der Waals surface area contributed by atoms with Crippen LogP contribution < -0.4 is 16.0 Å². The molecule has 4 aliphatic carbocycles. The largest absolute Gasteiger partial charge is 0.462 e. The van der Waals surface area contributed by atoms with Crippen LogP contribution in [-0.4, -0.2) is 84.5 Å². The first-order valence-electron chi connectivity index (χ1n) is 26.3. The molecule has 0 aliphatic heterocycles. The van der Waals surface area contributed by atoms with Gasteiger partial charge in [0.2, 0.25) is 5.91 Å². The van der Waals surface area contributed by atoms with Crippen LogP contribution in [0.25, 0.3) is 0 Å². The second kappa shape index (κ2) is 24.5. The van der Waals surface area contributed by atoms with Crippen molar-refractivity contribution in [3.05, 3.63) is 11.6 Å². The number of nitrogens with one attached hydrogen (secondary N) is 3. The fourth-order valence-corrected chi connectivity index (χ4v) is 12.4. The number of amides is 3. The Labute approximate surface area is 396 Å². The summed E-state index contributed by atoms with van der Waals surface area (Å²) < 4.78 is 17.0. The van der Waals surface area contributed by atoms with Gasteiger partial charge in [0, 0.05) is 44.4 Å². The van der Waals surface area contributed by atoms with Gasteiger partial charge in [-0.05, 0) is 192 Å². The molecule has 10 atom stereocenters. The summed E-state index contributed by atoms with van der Waals surface area (Å²) in [6.07, 6.45) is 19.3. The number of ether oxygens (including phenoxy) is 3. The summed E-state index contributed by atoms with van der Waals surface area (Å²) in [5.74, 6) is 4.64. The maximum absolute atomic E-state index is 13.7. The van der Waals surface area contributed by atoms with Crippen molar-refractivity contribution in [1.82, 2.24) is 20.9 Å². The van der Waals surface area contributed by atoms with Crippen molar-refractivity contribution in [2.45, 2.75) is 235 Å². The SMILES string of the molecule is CC(C)CCC[C@@H](C)[C@H]1CC[C@H]2[C@@H]3CC=C4C[C@@H](OC(=O)CCCC(=O)N(CCCCNCCC(C)NC(=O)OC(C)(C)C)CCC(C)NC(=O)OC(C)(C)C)CC[C@]4(C)[C@H]3CC[C@]12C. The highest BCUT2D eigenvalue weighted by molar-refractivity contribution is 5.77. The van der Waals surface area contributed by atoms with E-state index in [2.05, 4.69) is 56.6 Å². The number of hydrogen-bond donors (Lipinski definition) is 3. The normalized spacial score (nSPS) is 27.8. The molecule has 11 nitrogen and oxygen atoms in total. The molecule has 0 aromatic heterocycles. The molecule has 4 rings (SSSR count). The van der Waals surface area contributed by atoms with Crippen molar-refractivity contribution >= 4 is 24.1 Å². The maximum atomic E-state index is 13.7. The van der Waals surface area contributed by atoms with Crippen LogP contribution in [0.4, 0.5) is 9.59 Å². The minimum atomic E-state index is -0.592. The summed E-state index contributed by atoms with van der Waals surface area (Å²) in [4.78, 5) is 53.3. The van der Waals surface area contributed by atoms with Crippen LogP contribution in [-0.2, 0) is 23.8 Å². The highest BCUT2D eigenvalue weighted by Gasteiger charge is 2.59. The Morgan fingerprint density at radius 1 is 0.723 bits per heavy atom. The lowest BCUT2D eigenvalue weighted by Crippen LogP contribution is -2.51. The first kappa shape index (κ1) is 54.8. The van der Waals surface area contributed by atoms with E-state index in [1.807, 2.05) is 60.3 Å². The van der Waals surface area contributed by atoms with Crippen LogP contribution in [0.5, 0.6) is 0 Å². The second-order valence-corrected chi connectivity index (χ2v) is 24.0. The molecule has 374 valence electrons. The van der Waals surface area contributed by atoms with E-state index in [-0.39, 0.29) is 48.3 Å². The highest BCUT2D eigenvalue weighted by atomic mass is 16.6. The number of esters is 1. The third-order valence-electron chi connectivity index (χ3n) is 15.8. The molecular formula is C54H96N4O7. The average Bonchev–Trinajstić information content (AvgIpc) is 3.54. The third-order valence-corrected chi connectivity index (χ3v) is 15.8. The first-order valence-corrected chi connectivity index (χ1v) is 26.3. The molecule has 0 aromatic rings. The van der Waals surface area contributed by atoms with E-state index < -0.39 is 23.4 Å². The standard InChI is InChI=1S/C54H96N4O7/c1-37(2)18-16-19-38(3)44-24-25-45-43-23-22-41-36-42(26-30-53(41,12)46(43)27-31-54(44,45)13)63-48(60)21-17-20-47(59)58(35-29-40(5)57-50(62)65-52(9,10)11)34-15-14-32-55-33-28-39(4)56-49(61)64-51(6,7)8/h22,37-40,42-46,55H,14-21,23-36H2,1-13H3,(H,56,61)(H,57,62)/t38-,39?,40?,42+,43+,44-,45+,46+,53+,54-/m1/s1. The highest BCUT2D eigenvalue weighted by Crippen LogP contribution is 2.67. The lowest BCUT2D eigenvalue weighted by atomic mass is 9.47. The van der Waals surface area contributed by atoms with Crippen LogP contribution in [0.15, 0.2) is 11.6 Å². The van der Waals surface area contributed by atoms with E-state index in [4.69, 9.17) is 14.2 Å². The van der Waals surface area contributed by atoms with Gasteiger partial charge in [-0.15, -0.1) is 0 Å². The molecule has 0 radical (unpaired) electrons. The third kappa shape index (κ3) is 17.0. The Morgan fingerprint density at radius 2 is 1.38 bits per heavy atom. The zero-order chi connectivity index (χ0) is 48.2. The van der Waals surface area contributed by atoms with E-state index >= 15 is 0 Å². The van der Waals surface area contributed by atoms with Crippen molar-refractivity contribution in [3.8, 4) is 0 Å². The van der Waals surface area contributed by atoms with E-state index in [1.165, 1.54) is 56.9 Å². The van der Waals surface area contributed by atoms with E-state index in [1.54, 1.807) is 0 Å². The molecular weight excluding hydrogens is 817 g/mol. The van der Waals surface area contributed by atoms with E-state index in [0.717, 1.165) is 87.1 Å². The molecule has 4 aliphatic rings. The van der Waals surface area contributed by atoms with Gasteiger partial charge >= 0.3 is 18.2 Å². The van der Waals surface area contributed by atoms with Gasteiger partial charge in [0.1, 0.15) is 17.3 Å². The molecule has 65 heavy (non-hydrogen) atoms. The molecule has 0 aromatic carbocycles. The van der Waals surface area contributed by atoms with Crippen molar-refractivity contribution in [2.24, 2.45) is 46.3 Å². The molecule has 3 amide bonds. The Kier molecular flexibility index (Phi) is 20.6. The number of fused-ring (bicyclic) bond motifs is 5. The maximum Gasteiger partial charge on any atom is 0.407 e. The first-order chi connectivity index (χ1) is 30.4. The molecule has 0 saturated heterocycles. The number of allylic oxidation sites excluding steroid dienone is 1. The predicted molar refractivity (Wildman–Crippen MR) is 262 cm³/mol. The molecule has 0 bridgehead atoms. The van der Waals surface area contributed by atoms with E-state index in [9.17, 15) is 19.2 Å². The number of hydrogen-bond acceptors (Lipinski definition) is 8. The lowest BCUT2D eigenvalue weighted by molar-refractivity contribution is -0.151. The second-order valence-electron chi connectivity index (χ2n) is 24.0. The Morgan fingerprint density at radius 3 is 2.03 bits per heavy atom. The van der Waals surface area contributed by atoms with Crippen molar-refractivity contribution in [1.29, 1.82) is 0 Å². The molecule has 0 heterocycles. The van der Waals surface area contributed by atoms with Gasteiger partial charge in [-0.1, -0.05) is 65.5 Å². The van der Waals surface area contributed by atoms with Gasteiger partial charge in [0.15, 0.2) is 0 Å². The fraction of sp³-hybridized carbons (Fsp3) is 0.889. The van der Waals surface area contributed by atoms with Gasteiger partial charge in [-0.3, -0.25) is 9.59 Å². The van der Waals surface area contributed by atoms with Crippen LogP contribution in [0.1, 0.15) is 206 Å². The van der Waals surface area contributed by atoms with Crippen molar-refractivity contribution in [3.63, 3.8) is 0 Å². The topological polar surface area (TPSA) is 135 Å². The summed E-state index contributed by atoms with van der Waals surface area (Å²) in [6.45, 7) is 30.0. The summed E-state index contributed by atoms with van der Waals surface area (Å²) in [7, 11) is 0. The number of alkyl carbamates (subject to hydrolysis) is 2. The summed E-state index contributed by atoms with van der Waals surface area (Å²) >= 11 is 0. The zero-order valence-corrected chi connectivity index (χ0v) is 43.6. The predicted octanol–water partition coefficient (Wildman–Crippen LogP) is 11.9. The Hall–Kier alpha value is -2.82. The molecule has 2 unspecified atom stereocenters. The number of carbonyl (C=O) groups is 4. The van der Waals surface area contributed by atoms with Gasteiger partial charge in [-0.2, -0.15) is 0 Å². The minimum absolute atomic E-state index is 0.0189. The van der Waals surface area contributed by atoms with Gasteiger partial charge < -0.3 is 35.1 Å². The summed E-state index contributed by atoms with van der Waals surface area (Å²) in [5, 5.41) is 9.23. The van der Waals surface area contributed by atoms with Crippen LogP contribution >= 0.6 is 0 Å². The van der Waals surface area contributed by atoms with E-state index in [0.29, 0.717) is 31.3 Å². The summed E-state index contributed by atoms with van der Waals surface area (Å²) in [6, 6.07) is -0.200.